The van der Waals surface area contributed by atoms with Crippen molar-refractivity contribution in [3.05, 3.63) is 65.2 Å². The highest BCUT2D eigenvalue weighted by atomic mass is 19.1. The van der Waals surface area contributed by atoms with E-state index >= 15 is 0 Å². The van der Waals surface area contributed by atoms with E-state index in [0.29, 0.717) is 11.5 Å². The van der Waals surface area contributed by atoms with Gasteiger partial charge in [0.05, 0.1) is 0 Å². The van der Waals surface area contributed by atoms with Crippen LogP contribution in [0.25, 0.3) is 0 Å². The minimum Gasteiger partial charge on any atom is -0.309 e. The van der Waals surface area contributed by atoms with E-state index < -0.39 is 0 Å². The van der Waals surface area contributed by atoms with Crippen LogP contribution in [0.4, 0.5) is 4.39 Å². The first kappa shape index (κ1) is 15.6. The van der Waals surface area contributed by atoms with Gasteiger partial charge in [-0.15, -0.1) is 0 Å². The Bertz CT molecular complexity index is 569. The molecule has 1 heterocycles. The van der Waals surface area contributed by atoms with Crippen LogP contribution in [0.1, 0.15) is 48.9 Å². The molecular formula is C18H23FN2. The summed E-state index contributed by atoms with van der Waals surface area (Å²) in [6.45, 7) is 7.10. The Morgan fingerprint density at radius 1 is 1.14 bits per heavy atom. The zero-order chi connectivity index (χ0) is 15.2. The van der Waals surface area contributed by atoms with Crippen LogP contribution in [0.2, 0.25) is 0 Å². The van der Waals surface area contributed by atoms with E-state index in [1.54, 1.807) is 6.07 Å². The first-order chi connectivity index (χ1) is 10.1. The fourth-order valence-electron chi connectivity index (χ4n) is 2.60. The zero-order valence-corrected chi connectivity index (χ0v) is 12.9. The minimum atomic E-state index is -0.149. The van der Waals surface area contributed by atoms with Gasteiger partial charge in [0.15, 0.2) is 0 Å². The molecule has 1 N–H and O–H groups in total. The third-order valence-corrected chi connectivity index (χ3v) is 3.89. The maximum absolute atomic E-state index is 13.5. The highest BCUT2D eigenvalue weighted by Crippen LogP contribution is 2.31. The Morgan fingerprint density at radius 3 is 2.48 bits per heavy atom. The van der Waals surface area contributed by atoms with Gasteiger partial charge in [0.1, 0.15) is 5.82 Å². The Morgan fingerprint density at radius 2 is 1.86 bits per heavy atom. The van der Waals surface area contributed by atoms with E-state index in [1.807, 2.05) is 43.6 Å². The second-order valence-electron chi connectivity index (χ2n) is 5.51. The number of hydrogen-bond donors (Lipinski definition) is 1. The van der Waals surface area contributed by atoms with Gasteiger partial charge in [-0.1, -0.05) is 26.0 Å². The molecule has 1 aromatic heterocycles. The fraction of sp³-hybridized carbons (Fsp3) is 0.389. The van der Waals surface area contributed by atoms with Crippen LogP contribution >= 0.6 is 0 Å². The van der Waals surface area contributed by atoms with Crippen LogP contribution in [-0.4, -0.2) is 11.5 Å². The van der Waals surface area contributed by atoms with Crippen LogP contribution < -0.4 is 5.32 Å². The summed E-state index contributed by atoms with van der Waals surface area (Å²) in [6.07, 6.45) is 4.71. The molecule has 0 saturated carbocycles. The first-order valence-corrected chi connectivity index (χ1v) is 7.52. The van der Waals surface area contributed by atoms with Crippen molar-refractivity contribution in [3.63, 3.8) is 0 Å². The number of aryl methyl sites for hydroxylation is 1. The number of rotatable bonds is 6. The van der Waals surface area contributed by atoms with Gasteiger partial charge in [-0.25, -0.2) is 4.39 Å². The van der Waals surface area contributed by atoms with Crippen molar-refractivity contribution in [3.8, 4) is 0 Å². The summed E-state index contributed by atoms with van der Waals surface area (Å²) in [6, 6.07) is 9.65. The normalized spacial score (nSPS) is 13.9. The average Bonchev–Trinajstić information content (AvgIpc) is 2.51. The summed E-state index contributed by atoms with van der Waals surface area (Å²) in [7, 11) is 0. The van der Waals surface area contributed by atoms with Gasteiger partial charge in [0.2, 0.25) is 0 Å². The second kappa shape index (κ2) is 7.32. The lowest BCUT2D eigenvalue weighted by atomic mass is 9.88. The van der Waals surface area contributed by atoms with E-state index in [4.69, 9.17) is 0 Å². The molecule has 2 rings (SSSR count). The predicted octanol–water partition coefficient (Wildman–Crippen LogP) is 4.37. The molecular weight excluding hydrogens is 263 g/mol. The molecule has 0 radical (unpaired) electrons. The van der Waals surface area contributed by atoms with Gasteiger partial charge < -0.3 is 5.32 Å². The maximum Gasteiger partial charge on any atom is 0.126 e. The van der Waals surface area contributed by atoms with Crippen molar-refractivity contribution >= 4 is 0 Å². The molecule has 21 heavy (non-hydrogen) atoms. The fourth-order valence-corrected chi connectivity index (χ4v) is 2.60. The number of benzene rings is 1. The third kappa shape index (κ3) is 3.88. The predicted molar refractivity (Wildman–Crippen MR) is 84.8 cm³/mol. The van der Waals surface area contributed by atoms with Crippen LogP contribution in [0, 0.1) is 12.7 Å². The van der Waals surface area contributed by atoms with Crippen molar-refractivity contribution in [1.82, 2.24) is 10.3 Å². The average molecular weight is 286 g/mol. The monoisotopic (exact) mass is 286 g/mol. The maximum atomic E-state index is 13.5. The highest BCUT2D eigenvalue weighted by Gasteiger charge is 2.20. The summed E-state index contributed by atoms with van der Waals surface area (Å²) in [5, 5.41) is 3.59. The summed E-state index contributed by atoms with van der Waals surface area (Å²) in [5.41, 5.74) is 3.06. The molecule has 0 bridgehead atoms. The van der Waals surface area contributed by atoms with Gasteiger partial charge in [-0.2, -0.15) is 0 Å². The molecule has 0 fully saturated rings. The van der Waals surface area contributed by atoms with Gasteiger partial charge in [0, 0.05) is 24.4 Å². The van der Waals surface area contributed by atoms with Crippen LogP contribution in [0.5, 0.6) is 0 Å². The first-order valence-electron chi connectivity index (χ1n) is 7.52. The zero-order valence-electron chi connectivity index (χ0n) is 12.9. The van der Waals surface area contributed by atoms with Crippen molar-refractivity contribution in [2.24, 2.45) is 0 Å². The lowest BCUT2D eigenvalue weighted by Crippen LogP contribution is -2.27. The van der Waals surface area contributed by atoms with Gasteiger partial charge >= 0.3 is 0 Å². The molecule has 3 heteroatoms. The SMILES string of the molecule is CCCNC(c1ccc(F)c(C)c1)C(C)c1ccncc1. The molecule has 2 unspecified atom stereocenters. The van der Waals surface area contributed by atoms with Gasteiger partial charge in [0.25, 0.3) is 0 Å². The number of aromatic nitrogens is 1. The molecule has 0 aliphatic rings. The number of nitrogens with one attached hydrogen (secondary N) is 1. The lowest BCUT2D eigenvalue weighted by Gasteiger charge is -2.26. The minimum absolute atomic E-state index is 0.149. The van der Waals surface area contributed by atoms with Gasteiger partial charge in [-0.05, 0) is 54.8 Å². The molecule has 0 saturated heterocycles. The largest absolute Gasteiger partial charge is 0.309 e. The second-order valence-corrected chi connectivity index (χ2v) is 5.51. The molecule has 2 nitrogen and oxygen atoms in total. The van der Waals surface area contributed by atoms with E-state index in [0.717, 1.165) is 18.5 Å². The van der Waals surface area contributed by atoms with Crippen molar-refractivity contribution in [1.29, 1.82) is 0 Å². The van der Waals surface area contributed by atoms with E-state index in [2.05, 4.69) is 24.1 Å². The molecule has 0 spiro atoms. The third-order valence-electron chi connectivity index (χ3n) is 3.89. The molecule has 112 valence electrons. The molecule has 0 aliphatic heterocycles. The molecule has 0 amide bonds. The van der Waals surface area contributed by atoms with Crippen molar-refractivity contribution in [2.45, 2.75) is 39.2 Å². The quantitative estimate of drug-likeness (QED) is 0.852. The standard InChI is InChI=1S/C18H23FN2/c1-4-9-21-18(14(3)15-7-10-20-11-8-15)16-5-6-17(19)13(2)12-16/h5-8,10-12,14,18,21H,4,9H2,1-3H3. The summed E-state index contributed by atoms with van der Waals surface area (Å²) in [5.74, 6) is 0.147. The van der Waals surface area contributed by atoms with E-state index in [9.17, 15) is 4.39 Å². The highest BCUT2D eigenvalue weighted by molar-refractivity contribution is 5.30. The van der Waals surface area contributed by atoms with Crippen molar-refractivity contribution < 1.29 is 4.39 Å². The summed E-state index contributed by atoms with van der Waals surface area (Å²) in [4.78, 5) is 4.08. The number of nitrogens with zero attached hydrogens (tertiary/aromatic N) is 1. The Labute approximate surface area is 126 Å². The topological polar surface area (TPSA) is 24.9 Å². The molecule has 0 aliphatic carbocycles. The molecule has 2 atom stereocenters. The smallest absolute Gasteiger partial charge is 0.126 e. The Balaban J connectivity index is 2.31. The Hall–Kier alpha value is -1.74. The van der Waals surface area contributed by atoms with Crippen LogP contribution in [-0.2, 0) is 0 Å². The summed E-state index contributed by atoms with van der Waals surface area (Å²) >= 11 is 0. The van der Waals surface area contributed by atoms with Crippen LogP contribution in [0.3, 0.4) is 0 Å². The van der Waals surface area contributed by atoms with E-state index in [1.165, 1.54) is 5.56 Å². The summed E-state index contributed by atoms with van der Waals surface area (Å²) < 4.78 is 13.5. The number of pyridine rings is 1. The molecule has 2 aromatic rings. The lowest BCUT2D eigenvalue weighted by molar-refractivity contribution is 0.465. The Kier molecular flexibility index (Phi) is 5.45. The molecule has 1 aromatic carbocycles. The van der Waals surface area contributed by atoms with E-state index in [-0.39, 0.29) is 11.9 Å². The van der Waals surface area contributed by atoms with Gasteiger partial charge in [-0.3, -0.25) is 4.98 Å². The van der Waals surface area contributed by atoms with Crippen molar-refractivity contribution in [2.75, 3.05) is 6.54 Å². The van der Waals surface area contributed by atoms with Crippen LogP contribution in [0.15, 0.2) is 42.7 Å². The number of hydrogen-bond acceptors (Lipinski definition) is 2. The number of halogens is 1.